The zero-order chi connectivity index (χ0) is 19.9. The minimum absolute atomic E-state index is 0.134. The maximum atomic E-state index is 12.1. The molecule has 28 heavy (non-hydrogen) atoms. The van der Waals surface area contributed by atoms with E-state index in [1.165, 1.54) is 28.6 Å². The van der Waals surface area contributed by atoms with Gasteiger partial charge in [-0.05, 0) is 28.6 Å². The molecule has 2 aromatic carbocycles. The molecule has 144 valence electrons. The van der Waals surface area contributed by atoms with E-state index in [4.69, 9.17) is 4.74 Å². The Morgan fingerprint density at radius 1 is 1.25 bits per heavy atom. The first-order valence-electron chi connectivity index (χ1n) is 8.18. The molecule has 10 nitrogen and oxygen atoms in total. The number of hydrogen-bond acceptors (Lipinski definition) is 8. The Labute approximate surface area is 164 Å². The summed E-state index contributed by atoms with van der Waals surface area (Å²) in [5.41, 5.74) is 0.701. The highest BCUT2D eigenvalue weighted by atomic mass is 32.2. The van der Waals surface area contributed by atoms with Crippen molar-refractivity contribution in [3.05, 3.63) is 58.6 Å². The highest BCUT2D eigenvalue weighted by molar-refractivity contribution is 7.99. The largest absolute Gasteiger partial charge is 0.494 e. The molecule has 0 saturated heterocycles. The van der Waals surface area contributed by atoms with E-state index in [9.17, 15) is 14.9 Å². The minimum atomic E-state index is -0.536. The first-order chi connectivity index (χ1) is 13.6. The van der Waals surface area contributed by atoms with Crippen molar-refractivity contribution in [2.24, 2.45) is 0 Å². The lowest BCUT2D eigenvalue weighted by Gasteiger charge is -2.09. The van der Waals surface area contributed by atoms with Gasteiger partial charge in [-0.25, -0.2) is 0 Å². The fourth-order valence-corrected chi connectivity index (χ4v) is 3.23. The van der Waals surface area contributed by atoms with E-state index in [0.717, 1.165) is 0 Å². The second kappa shape index (κ2) is 8.95. The van der Waals surface area contributed by atoms with E-state index in [2.05, 4.69) is 20.8 Å². The van der Waals surface area contributed by atoms with E-state index in [0.29, 0.717) is 22.3 Å². The van der Waals surface area contributed by atoms with E-state index in [1.54, 1.807) is 25.3 Å². The monoisotopic (exact) mass is 400 g/mol. The predicted molar refractivity (Wildman–Crippen MR) is 103 cm³/mol. The molecular weight excluding hydrogens is 384 g/mol. The molecule has 0 saturated carbocycles. The number of nitrogens with zero attached hydrogens (tertiary/aromatic N) is 5. The van der Waals surface area contributed by atoms with Crippen LogP contribution in [-0.4, -0.2) is 43.9 Å². The Morgan fingerprint density at radius 2 is 2.00 bits per heavy atom. The van der Waals surface area contributed by atoms with Crippen molar-refractivity contribution < 1.29 is 14.5 Å². The van der Waals surface area contributed by atoms with E-state index in [-0.39, 0.29) is 23.7 Å². The third kappa shape index (κ3) is 4.43. The quantitative estimate of drug-likeness (QED) is 0.348. The molecule has 3 aromatic rings. The number of aromatic nitrogens is 4. The maximum Gasteiger partial charge on any atom is 0.292 e. The molecule has 0 atom stereocenters. The van der Waals surface area contributed by atoms with Crippen LogP contribution in [0.25, 0.3) is 5.69 Å². The highest BCUT2D eigenvalue weighted by Crippen LogP contribution is 2.26. The van der Waals surface area contributed by atoms with Crippen molar-refractivity contribution in [2.45, 2.75) is 11.6 Å². The molecule has 0 aliphatic carbocycles. The number of rotatable bonds is 8. The molecule has 1 heterocycles. The van der Waals surface area contributed by atoms with E-state index in [1.807, 2.05) is 18.2 Å². The first kappa shape index (κ1) is 19.3. The summed E-state index contributed by atoms with van der Waals surface area (Å²) < 4.78 is 6.85. The van der Waals surface area contributed by atoms with Gasteiger partial charge in [-0.1, -0.05) is 36.0 Å². The molecule has 0 radical (unpaired) electrons. The number of ether oxygens (including phenoxy) is 1. The molecule has 0 unspecified atom stereocenters. The number of nitro groups is 1. The van der Waals surface area contributed by atoms with Crippen molar-refractivity contribution in [1.29, 1.82) is 0 Å². The number of para-hydroxylation sites is 4. The van der Waals surface area contributed by atoms with Crippen LogP contribution < -0.4 is 10.1 Å². The molecule has 0 bridgehead atoms. The third-order valence-electron chi connectivity index (χ3n) is 3.69. The van der Waals surface area contributed by atoms with Crippen LogP contribution in [0.5, 0.6) is 5.75 Å². The Kier molecular flexibility index (Phi) is 6.17. The van der Waals surface area contributed by atoms with Gasteiger partial charge in [0, 0.05) is 18.2 Å². The lowest BCUT2D eigenvalue weighted by Crippen LogP contribution is -2.13. The Balaban J connectivity index is 1.62. The van der Waals surface area contributed by atoms with Gasteiger partial charge in [0.05, 0.1) is 12.0 Å². The lowest BCUT2D eigenvalue weighted by atomic mass is 10.2. The summed E-state index contributed by atoms with van der Waals surface area (Å²) in [5.74, 6) is 0.672. The van der Waals surface area contributed by atoms with Gasteiger partial charge in [0.2, 0.25) is 11.1 Å². The standard InChI is InChI=1S/C17H16N6O4S/c1-27-15-9-5-4-8-14(15)22-17(19-20-21-22)28-11-10-16(24)18-12-6-2-3-7-13(12)23(25)26/h2-9H,10-11H2,1H3,(H,18,24). The van der Waals surface area contributed by atoms with Gasteiger partial charge >= 0.3 is 0 Å². The predicted octanol–water partition coefficient (Wildman–Crippen LogP) is 2.70. The number of benzene rings is 2. The second-order valence-corrected chi connectivity index (χ2v) is 6.53. The number of tetrazole rings is 1. The fourth-order valence-electron chi connectivity index (χ4n) is 2.41. The molecule has 1 aromatic heterocycles. The molecule has 1 N–H and O–H groups in total. The molecule has 1 amide bonds. The number of nitrogens with one attached hydrogen (secondary N) is 1. The van der Waals surface area contributed by atoms with Gasteiger partial charge in [0.15, 0.2) is 0 Å². The molecule has 3 rings (SSSR count). The number of nitro benzene ring substituents is 1. The summed E-state index contributed by atoms with van der Waals surface area (Å²) in [6.07, 6.45) is 0.134. The average molecular weight is 400 g/mol. The van der Waals surface area contributed by atoms with Crippen molar-refractivity contribution in [1.82, 2.24) is 20.2 Å². The van der Waals surface area contributed by atoms with Crippen LogP contribution in [0.4, 0.5) is 11.4 Å². The van der Waals surface area contributed by atoms with Crippen molar-refractivity contribution in [2.75, 3.05) is 18.2 Å². The molecule has 0 aliphatic rings. The number of thioether (sulfide) groups is 1. The van der Waals surface area contributed by atoms with Gasteiger partial charge in [-0.3, -0.25) is 14.9 Å². The fraction of sp³-hybridized carbons (Fsp3) is 0.176. The second-order valence-electron chi connectivity index (χ2n) is 5.47. The lowest BCUT2D eigenvalue weighted by molar-refractivity contribution is -0.383. The third-order valence-corrected chi connectivity index (χ3v) is 4.61. The Morgan fingerprint density at radius 3 is 2.79 bits per heavy atom. The SMILES string of the molecule is COc1ccccc1-n1nnnc1SCCC(=O)Nc1ccccc1[N+](=O)[O-]. The van der Waals surface area contributed by atoms with Gasteiger partial charge in [0.25, 0.3) is 5.69 Å². The minimum Gasteiger partial charge on any atom is -0.494 e. The topological polar surface area (TPSA) is 125 Å². The number of carbonyl (C=O) groups excluding carboxylic acids is 1. The van der Waals surface area contributed by atoms with E-state index >= 15 is 0 Å². The normalized spacial score (nSPS) is 10.5. The summed E-state index contributed by atoms with van der Waals surface area (Å²) in [7, 11) is 1.56. The number of methoxy groups -OCH3 is 1. The van der Waals surface area contributed by atoms with Crippen molar-refractivity contribution in [3.8, 4) is 11.4 Å². The number of amides is 1. The summed E-state index contributed by atoms with van der Waals surface area (Å²) in [6.45, 7) is 0. The van der Waals surface area contributed by atoms with E-state index < -0.39 is 4.92 Å². The number of anilines is 1. The van der Waals surface area contributed by atoms with Crippen LogP contribution in [0.1, 0.15) is 6.42 Å². The number of hydrogen-bond donors (Lipinski definition) is 1. The summed E-state index contributed by atoms with van der Waals surface area (Å²) in [4.78, 5) is 22.6. The zero-order valence-electron chi connectivity index (χ0n) is 14.8. The smallest absolute Gasteiger partial charge is 0.292 e. The van der Waals surface area contributed by atoms with Crippen LogP contribution in [0.2, 0.25) is 0 Å². The van der Waals surface area contributed by atoms with Crippen LogP contribution >= 0.6 is 11.8 Å². The Hall–Kier alpha value is -3.47. The van der Waals surface area contributed by atoms with Gasteiger partial charge in [-0.15, -0.1) is 5.10 Å². The van der Waals surface area contributed by atoms with Crippen LogP contribution in [0, 0.1) is 10.1 Å². The van der Waals surface area contributed by atoms with Crippen LogP contribution in [-0.2, 0) is 4.79 Å². The molecule has 0 fully saturated rings. The van der Waals surface area contributed by atoms with Gasteiger partial charge in [-0.2, -0.15) is 4.68 Å². The maximum absolute atomic E-state index is 12.1. The van der Waals surface area contributed by atoms with Gasteiger partial charge in [0.1, 0.15) is 17.1 Å². The Bertz CT molecular complexity index is 993. The first-order valence-corrected chi connectivity index (χ1v) is 9.16. The zero-order valence-corrected chi connectivity index (χ0v) is 15.6. The molecule has 0 spiro atoms. The van der Waals surface area contributed by atoms with Gasteiger partial charge < -0.3 is 10.1 Å². The molecule has 11 heteroatoms. The van der Waals surface area contributed by atoms with Crippen LogP contribution in [0.3, 0.4) is 0 Å². The van der Waals surface area contributed by atoms with Crippen LogP contribution in [0.15, 0.2) is 53.7 Å². The average Bonchev–Trinajstić information content (AvgIpc) is 3.16. The summed E-state index contributed by atoms with van der Waals surface area (Å²) >= 11 is 1.29. The number of carbonyl (C=O) groups is 1. The van der Waals surface area contributed by atoms with Crippen molar-refractivity contribution in [3.63, 3.8) is 0 Å². The highest BCUT2D eigenvalue weighted by Gasteiger charge is 2.16. The summed E-state index contributed by atoms with van der Waals surface area (Å²) in [6, 6.07) is 13.3. The van der Waals surface area contributed by atoms with Crippen molar-refractivity contribution >= 4 is 29.0 Å². The summed E-state index contributed by atoms with van der Waals surface area (Å²) in [5, 5.41) is 25.7. The molecule has 0 aliphatic heterocycles. The molecular formula is C17H16N6O4S.